The van der Waals surface area contributed by atoms with Crippen LogP contribution in [-0.4, -0.2) is 30.6 Å². The molecular weight excluding hydrogens is 160 g/mol. The monoisotopic (exact) mass is 184 g/mol. The minimum Gasteiger partial charge on any atom is -0.330 e. The normalized spacial score (nSPS) is 31.2. The highest BCUT2D eigenvalue weighted by molar-refractivity contribution is 4.85. The maximum atomic E-state index is 5.70. The second-order valence-electron chi connectivity index (χ2n) is 5.68. The molecule has 1 aliphatic rings. The van der Waals surface area contributed by atoms with Crippen molar-refractivity contribution < 1.29 is 0 Å². The fraction of sp³-hybridized carbons (Fsp3) is 1.00. The molecular formula is C11H24N2. The van der Waals surface area contributed by atoms with Crippen molar-refractivity contribution in [3.05, 3.63) is 0 Å². The maximum absolute atomic E-state index is 5.70. The van der Waals surface area contributed by atoms with Gasteiger partial charge in [0.15, 0.2) is 0 Å². The molecule has 1 heterocycles. The third kappa shape index (κ3) is 3.28. The Kier molecular flexibility index (Phi) is 3.36. The first-order valence-electron chi connectivity index (χ1n) is 5.36. The van der Waals surface area contributed by atoms with E-state index >= 15 is 0 Å². The molecule has 1 aliphatic heterocycles. The van der Waals surface area contributed by atoms with E-state index in [9.17, 15) is 0 Å². The van der Waals surface area contributed by atoms with Crippen molar-refractivity contribution in [2.24, 2.45) is 17.1 Å². The maximum Gasteiger partial charge on any atom is 0.00708 e. The van der Waals surface area contributed by atoms with Crippen LogP contribution in [-0.2, 0) is 0 Å². The quantitative estimate of drug-likeness (QED) is 0.708. The van der Waals surface area contributed by atoms with Crippen LogP contribution in [0, 0.1) is 11.3 Å². The Morgan fingerprint density at radius 2 is 2.00 bits per heavy atom. The van der Waals surface area contributed by atoms with Gasteiger partial charge in [-0.05, 0) is 31.2 Å². The molecule has 2 unspecified atom stereocenters. The van der Waals surface area contributed by atoms with Gasteiger partial charge in [-0.2, -0.15) is 0 Å². The summed E-state index contributed by atoms with van der Waals surface area (Å²) in [5, 5.41) is 0. The Balaban J connectivity index is 2.44. The number of likely N-dealkylation sites (tertiary alicyclic amines) is 1. The van der Waals surface area contributed by atoms with Gasteiger partial charge in [-0.25, -0.2) is 0 Å². The topological polar surface area (TPSA) is 29.3 Å². The first kappa shape index (κ1) is 11.0. The molecule has 0 aromatic rings. The van der Waals surface area contributed by atoms with Gasteiger partial charge in [-0.15, -0.1) is 0 Å². The van der Waals surface area contributed by atoms with Crippen molar-refractivity contribution in [2.45, 2.75) is 40.2 Å². The average molecular weight is 184 g/mol. The van der Waals surface area contributed by atoms with Crippen molar-refractivity contribution in [2.75, 3.05) is 19.6 Å². The Morgan fingerprint density at radius 3 is 2.38 bits per heavy atom. The van der Waals surface area contributed by atoms with Crippen LogP contribution in [0.4, 0.5) is 0 Å². The van der Waals surface area contributed by atoms with E-state index < -0.39 is 0 Å². The van der Waals surface area contributed by atoms with E-state index in [1.54, 1.807) is 0 Å². The number of hydrogen-bond donors (Lipinski definition) is 1. The van der Waals surface area contributed by atoms with Gasteiger partial charge in [0.1, 0.15) is 0 Å². The van der Waals surface area contributed by atoms with Gasteiger partial charge < -0.3 is 5.73 Å². The first-order chi connectivity index (χ1) is 5.92. The summed E-state index contributed by atoms with van der Waals surface area (Å²) in [5.74, 6) is 0.734. The molecule has 0 saturated carbocycles. The molecule has 2 atom stereocenters. The third-order valence-corrected chi connectivity index (χ3v) is 2.80. The molecule has 0 amide bonds. The highest BCUT2D eigenvalue weighted by Crippen LogP contribution is 2.26. The Morgan fingerprint density at radius 1 is 1.38 bits per heavy atom. The van der Waals surface area contributed by atoms with E-state index in [2.05, 4.69) is 32.6 Å². The van der Waals surface area contributed by atoms with Crippen molar-refractivity contribution in [1.82, 2.24) is 4.90 Å². The summed E-state index contributed by atoms with van der Waals surface area (Å²) in [6.07, 6.45) is 1.28. The smallest absolute Gasteiger partial charge is 0.00708 e. The predicted molar refractivity (Wildman–Crippen MR) is 57.7 cm³/mol. The van der Waals surface area contributed by atoms with Crippen molar-refractivity contribution in [3.8, 4) is 0 Å². The lowest BCUT2D eigenvalue weighted by Crippen LogP contribution is -2.35. The minimum absolute atomic E-state index is 0.414. The summed E-state index contributed by atoms with van der Waals surface area (Å²) in [6.45, 7) is 12.5. The molecule has 78 valence electrons. The van der Waals surface area contributed by atoms with Gasteiger partial charge in [0.25, 0.3) is 0 Å². The number of rotatable bonds is 2. The zero-order chi connectivity index (χ0) is 10.1. The zero-order valence-corrected chi connectivity index (χ0v) is 9.51. The molecule has 0 aliphatic carbocycles. The van der Waals surface area contributed by atoms with E-state index in [1.165, 1.54) is 19.5 Å². The van der Waals surface area contributed by atoms with E-state index in [0.29, 0.717) is 5.41 Å². The van der Waals surface area contributed by atoms with Gasteiger partial charge >= 0.3 is 0 Å². The zero-order valence-electron chi connectivity index (χ0n) is 9.51. The van der Waals surface area contributed by atoms with Gasteiger partial charge in [0.2, 0.25) is 0 Å². The molecule has 0 bridgehead atoms. The Labute approximate surface area is 82.5 Å². The molecule has 2 N–H and O–H groups in total. The minimum atomic E-state index is 0.414. The molecule has 1 fully saturated rings. The largest absolute Gasteiger partial charge is 0.330 e. The molecule has 0 spiro atoms. The highest BCUT2D eigenvalue weighted by atomic mass is 15.2. The average Bonchev–Trinajstić information content (AvgIpc) is 2.29. The van der Waals surface area contributed by atoms with Crippen LogP contribution in [0.1, 0.15) is 34.1 Å². The van der Waals surface area contributed by atoms with E-state index in [0.717, 1.165) is 18.5 Å². The van der Waals surface area contributed by atoms with Gasteiger partial charge in [-0.3, -0.25) is 4.90 Å². The van der Waals surface area contributed by atoms with Crippen LogP contribution in [0.5, 0.6) is 0 Å². The van der Waals surface area contributed by atoms with Crippen LogP contribution in [0.15, 0.2) is 0 Å². The van der Waals surface area contributed by atoms with E-state index in [-0.39, 0.29) is 0 Å². The third-order valence-electron chi connectivity index (χ3n) is 2.80. The SMILES string of the molecule is CC1CC(CN)CN1CC(C)(C)C. The Hall–Kier alpha value is -0.0800. The van der Waals surface area contributed by atoms with Gasteiger partial charge in [0.05, 0.1) is 0 Å². The fourth-order valence-electron chi connectivity index (χ4n) is 2.22. The molecule has 1 saturated heterocycles. The second kappa shape index (κ2) is 3.97. The van der Waals surface area contributed by atoms with E-state index in [4.69, 9.17) is 5.73 Å². The number of nitrogens with zero attached hydrogens (tertiary/aromatic N) is 1. The molecule has 0 radical (unpaired) electrons. The van der Waals surface area contributed by atoms with Gasteiger partial charge in [-0.1, -0.05) is 20.8 Å². The van der Waals surface area contributed by atoms with Crippen molar-refractivity contribution in [1.29, 1.82) is 0 Å². The summed E-state index contributed by atoms with van der Waals surface area (Å²) >= 11 is 0. The van der Waals surface area contributed by atoms with Crippen LogP contribution in [0.3, 0.4) is 0 Å². The lowest BCUT2D eigenvalue weighted by Gasteiger charge is -2.29. The van der Waals surface area contributed by atoms with Crippen molar-refractivity contribution >= 4 is 0 Å². The molecule has 0 aromatic heterocycles. The van der Waals surface area contributed by atoms with Crippen molar-refractivity contribution in [3.63, 3.8) is 0 Å². The second-order valence-corrected chi connectivity index (χ2v) is 5.68. The summed E-state index contributed by atoms with van der Waals surface area (Å²) in [7, 11) is 0. The molecule has 1 rings (SSSR count). The standard InChI is InChI=1S/C11H24N2/c1-9-5-10(6-12)7-13(9)8-11(2,3)4/h9-10H,5-8,12H2,1-4H3. The Bertz CT molecular complexity index is 160. The number of hydrogen-bond acceptors (Lipinski definition) is 2. The van der Waals surface area contributed by atoms with Crippen LogP contribution >= 0.6 is 0 Å². The summed E-state index contributed by atoms with van der Waals surface area (Å²) in [6, 6.07) is 0.729. The van der Waals surface area contributed by atoms with Crippen LogP contribution in [0.2, 0.25) is 0 Å². The fourth-order valence-corrected chi connectivity index (χ4v) is 2.22. The summed E-state index contributed by atoms with van der Waals surface area (Å²) in [4.78, 5) is 2.58. The predicted octanol–water partition coefficient (Wildman–Crippen LogP) is 1.70. The van der Waals surface area contributed by atoms with Crippen LogP contribution < -0.4 is 5.73 Å². The highest BCUT2D eigenvalue weighted by Gasteiger charge is 2.30. The lowest BCUT2D eigenvalue weighted by atomic mass is 9.96. The molecule has 2 nitrogen and oxygen atoms in total. The van der Waals surface area contributed by atoms with Gasteiger partial charge in [0, 0.05) is 19.1 Å². The summed E-state index contributed by atoms with van der Waals surface area (Å²) < 4.78 is 0. The lowest BCUT2D eigenvalue weighted by molar-refractivity contribution is 0.183. The molecule has 0 aromatic carbocycles. The number of nitrogens with two attached hydrogens (primary N) is 1. The summed E-state index contributed by atoms with van der Waals surface area (Å²) in [5.41, 5.74) is 6.11. The molecule has 2 heteroatoms. The molecule has 13 heavy (non-hydrogen) atoms. The van der Waals surface area contributed by atoms with E-state index in [1.807, 2.05) is 0 Å². The van der Waals surface area contributed by atoms with Crippen LogP contribution in [0.25, 0.3) is 0 Å². The first-order valence-corrected chi connectivity index (χ1v) is 5.36.